The van der Waals surface area contributed by atoms with Crippen molar-refractivity contribution in [2.75, 3.05) is 11.9 Å². The first-order valence-electron chi connectivity index (χ1n) is 8.93. The molecule has 0 spiro atoms. The number of amides is 1. The molecule has 0 aromatic heterocycles. The highest BCUT2D eigenvalue weighted by Crippen LogP contribution is 2.25. The van der Waals surface area contributed by atoms with Crippen molar-refractivity contribution in [1.82, 2.24) is 0 Å². The first kappa shape index (κ1) is 19.6. The third-order valence-electron chi connectivity index (χ3n) is 4.26. The minimum Gasteiger partial charge on any atom is -0.311 e. The number of carbonyl (C=O) groups excluding carboxylic acids is 2. The molecule has 0 bridgehead atoms. The van der Waals surface area contributed by atoms with Crippen LogP contribution in [0.5, 0.6) is 0 Å². The lowest BCUT2D eigenvalue weighted by Crippen LogP contribution is -2.27. The molecule has 0 unspecified atom stereocenters. The van der Waals surface area contributed by atoms with Crippen molar-refractivity contribution >= 4 is 34.0 Å². The summed E-state index contributed by atoms with van der Waals surface area (Å²) in [6.07, 6.45) is 1.43. The van der Waals surface area contributed by atoms with E-state index in [2.05, 4.69) is 0 Å². The van der Waals surface area contributed by atoms with Crippen LogP contribution in [0, 0.1) is 6.92 Å². The number of rotatable bonds is 5. The number of nitrogens with zero attached hydrogens (tertiary/aromatic N) is 1. The topological polar surface area (TPSA) is 37.4 Å². The van der Waals surface area contributed by atoms with Crippen LogP contribution in [0.4, 0.5) is 5.69 Å². The Bertz CT molecular complexity index is 980. The van der Waals surface area contributed by atoms with Gasteiger partial charge in [0.2, 0.25) is 5.12 Å². The zero-order chi connectivity index (χ0) is 19.9. The van der Waals surface area contributed by atoms with Gasteiger partial charge in [0.05, 0.1) is 5.57 Å². The van der Waals surface area contributed by atoms with E-state index < -0.39 is 0 Å². The number of anilines is 1. The van der Waals surface area contributed by atoms with Crippen molar-refractivity contribution in [2.45, 2.75) is 11.8 Å². The molecule has 0 aliphatic carbocycles. The maximum atomic E-state index is 13.2. The van der Waals surface area contributed by atoms with E-state index in [1.165, 1.54) is 6.08 Å². The maximum absolute atomic E-state index is 13.2. The molecule has 1 amide bonds. The molecule has 140 valence electrons. The van der Waals surface area contributed by atoms with E-state index in [0.717, 1.165) is 27.9 Å². The van der Waals surface area contributed by atoms with Crippen molar-refractivity contribution in [2.24, 2.45) is 0 Å². The van der Waals surface area contributed by atoms with Crippen LogP contribution in [-0.4, -0.2) is 18.1 Å². The lowest BCUT2D eigenvalue weighted by Gasteiger charge is -2.19. The molecule has 3 rings (SSSR count). The van der Waals surface area contributed by atoms with Gasteiger partial charge in [0.25, 0.3) is 5.91 Å². The quantitative estimate of drug-likeness (QED) is 0.437. The Morgan fingerprint density at radius 2 is 1.39 bits per heavy atom. The van der Waals surface area contributed by atoms with Crippen LogP contribution in [0.15, 0.2) is 95.9 Å². The van der Waals surface area contributed by atoms with Crippen LogP contribution in [0.2, 0.25) is 0 Å². The molecule has 0 aliphatic heterocycles. The Morgan fingerprint density at radius 3 is 2.00 bits per heavy atom. The zero-order valence-corrected chi connectivity index (χ0v) is 16.6. The second-order valence-corrected chi connectivity index (χ2v) is 7.44. The van der Waals surface area contributed by atoms with E-state index in [1.54, 1.807) is 11.9 Å². The molecule has 0 N–H and O–H groups in total. The van der Waals surface area contributed by atoms with Crippen molar-refractivity contribution < 1.29 is 9.59 Å². The molecule has 0 atom stereocenters. The molecule has 0 aliphatic rings. The van der Waals surface area contributed by atoms with Gasteiger partial charge in [-0.25, -0.2) is 0 Å². The van der Waals surface area contributed by atoms with Gasteiger partial charge < -0.3 is 4.90 Å². The number of para-hydroxylation sites is 1. The minimum absolute atomic E-state index is 0.183. The highest BCUT2D eigenvalue weighted by molar-refractivity contribution is 8.14. The summed E-state index contributed by atoms with van der Waals surface area (Å²) in [6.45, 7) is 2.00. The van der Waals surface area contributed by atoms with E-state index in [1.807, 2.05) is 91.9 Å². The summed E-state index contributed by atoms with van der Waals surface area (Å²) >= 11 is 1.11. The fraction of sp³-hybridized carbons (Fsp3) is 0.0833. The summed E-state index contributed by atoms with van der Waals surface area (Å²) in [4.78, 5) is 28.2. The van der Waals surface area contributed by atoms with Crippen molar-refractivity contribution in [1.29, 1.82) is 0 Å². The van der Waals surface area contributed by atoms with E-state index >= 15 is 0 Å². The number of likely N-dealkylation sites (N-methyl/N-ethyl adjacent to an activating group) is 1. The number of benzene rings is 3. The lowest BCUT2D eigenvalue weighted by atomic mass is 10.0. The summed E-state index contributed by atoms with van der Waals surface area (Å²) in [5.41, 5.74) is 3.00. The Kier molecular flexibility index (Phi) is 6.45. The van der Waals surface area contributed by atoms with Crippen LogP contribution < -0.4 is 4.90 Å². The van der Waals surface area contributed by atoms with Gasteiger partial charge in [0, 0.05) is 23.7 Å². The van der Waals surface area contributed by atoms with Gasteiger partial charge >= 0.3 is 0 Å². The highest BCUT2D eigenvalue weighted by Gasteiger charge is 2.19. The van der Waals surface area contributed by atoms with Crippen LogP contribution in [0.1, 0.15) is 11.1 Å². The molecule has 3 aromatic rings. The first-order chi connectivity index (χ1) is 13.5. The van der Waals surface area contributed by atoms with Gasteiger partial charge in [0.15, 0.2) is 0 Å². The molecule has 0 heterocycles. The fourth-order valence-corrected chi connectivity index (χ4v) is 3.39. The largest absolute Gasteiger partial charge is 0.311 e. The van der Waals surface area contributed by atoms with Crippen molar-refractivity contribution in [3.05, 3.63) is 102 Å². The van der Waals surface area contributed by atoms with E-state index in [0.29, 0.717) is 11.1 Å². The Morgan fingerprint density at radius 1 is 0.821 bits per heavy atom. The molecule has 0 fully saturated rings. The van der Waals surface area contributed by atoms with Crippen LogP contribution >= 0.6 is 11.8 Å². The smallest absolute Gasteiger partial charge is 0.258 e. The van der Waals surface area contributed by atoms with Crippen LogP contribution in [0.25, 0.3) is 5.57 Å². The van der Waals surface area contributed by atoms with Gasteiger partial charge in [-0.1, -0.05) is 66.2 Å². The second-order valence-electron chi connectivity index (χ2n) is 6.36. The standard InChI is InChI=1S/C24H21NO2S/c1-18-13-15-21(16-14-18)28-23(26)17-22(19-9-5-3-6-10-19)24(27)25(2)20-11-7-4-8-12-20/h3-17H,1-2H3/b22-17+. The van der Waals surface area contributed by atoms with Crippen LogP contribution in [-0.2, 0) is 9.59 Å². The molecule has 4 heteroatoms. The number of carbonyl (C=O) groups is 2. The average Bonchev–Trinajstić information content (AvgIpc) is 2.74. The predicted molar refractivity (Wildman–Crippen MR) is 116 cm³/mol. The second kappa shape index (κ2) is 9.20. The van der Waals surface area contributed by atoms with E-state index in [4.69, 9.17) is 0 Å². The van der Waals surface area contributed by atoms with Crippen molar-refractivity contribution in [3.63, 3.8) is 0 Å². The summed E-state index contributed by atoms with van der Waals surface area (Å²) in [6, 6.07) is 26.4. The summed E-state index contributed by atoms with van der Waals surface area (Å²) in [5.74, 6) is -0.227. The van der Waals surface area contributed by atoms with Gasteiger partial charge in [-0.15, -0.1) is 0 Å². The SMILES string of the molecule is Cc1ccc(SC(=O)/C=C(/C(=O)N(C)c2ccccc2)c2ccccc2)cc1. The van der Waals surface area contributed by atoms with Gasteiger partial charge in [0.1, 0.15) is 0 Å². The summed E-state index contributed by atoms with van der Waals surface area (Å²) in [5, 5.41) is -0.183. The predicted octanol–water partition coefficient (Wildman–Crippen LogP) is 5.36. The van der Waals surface area contributed by atoms with Crippen molar-refractivity contribution in [3.8, 4) is 0 Å². The Balaban J connectivity index is 1.90. The molecule has 28 heavy (non-hydrogen) atoms. The third-order valence-corrected chi connectivity index (χ3v) is 5.09. The molecule has 3 aromatic carbocycles. The summed E-state index contributed by atoms with van der Waals surface area (Å²) in [7, 11) is 1.71. The monoisotopic (exact) mass is 387 g/mol. The Labute approximate surface area is 169 Å². The third kappa shape index (κ3) is 4.99. The lowest BCUT2D eigenvalue weighted by molar-refractivity contribution is -0.113. The zero-order valence-electron chi connectivity index (χ0n) is 15.8. The average molecular weight is 388 g/mol. The Hall–Kier alpha value is -3.11. The number of hydrogen-bond acceptors (Lipinski definition) is 3. The van der Waals surface area contributed by atoms with E-state index in [9.17, 15) is 9.59 Å². The molecule has 0 saturated heterocycles. The molecular formula is C24H21NO2S. The number of hydrogen-bond donors (Lipinski definition) is 0. The first-order valence-corrected chi connectivity index (χ1v) is 9.75. The van der Waals surface area contributed by atoms with E-state index in [-0.39, 0.29) is 11.0 Å². The van der Waals surface area contributed by atoms with Gasteiger partial charge in [-0.3, -0.25) is 9.59 Å². The number of thioether (sulfide) groups is 1. The highest BCUT2D eigenvalue weighted by atomic mass is 32.2. The molecule has 0 saturated carbocycles. The van der Waals surface area contributed by atoms with Gasteiger partial charge in [-0.2, -0.15) is 0 Å². The maximum Gasteiger partial charge on any atom is 0.258 e. The normalized spacial score (nSPS) is 11.1. The van der Waals surface area contributed by atoms with Crippen LogP contribution in [0.3, 0.4) is 0 Å². The molecular weight excluding hydrogens is 366 g/mol. The van der Waals surface area contributed by atoms with Gasteiger partial charge in [-0.05, 0) is 48.5 Å². The molecule has 3 nitrogen and oxygen atoms in total. The molecule has 0 radical (unpaired) electrons. The fourth-order valence-electron chi connectivity index (χ4n) is 2.71. The minimum atomic E-state index is -0.227. The summed E-state index contributed by atoms with van der Waals surface area (Å²) < 4.78 is 0. The number of aryl methyl sites for hydroxylation is 1.